The van der Waals surface area contributed by atoms with E-state index in [0.717, 1.165) is 0 Å². The first-order valence-electron chi connectivity index (χ1n) is 5.10. The molecule has 0 aliphatic heterocycles. The van der Waals surface area contributed by atoms with Crippen molar-refractivity contribution in [3.63, 3.8) is 0 Å². The second-order valence-electron chi connectivity index (χ2n) is 3.55. The van der Waals surface area contributed by atoms with Crippen LogP contribution in [-0.2, 0) is 10.8 Å². The summed E-state index contributed by atoms with van der Waals surface area (Å²) in [5, 5.41) is -0.0802. The van der Waals surface area contributed by atoms with Gasteiger partial charge in [0.15, 0.2) is 5.58 Å². The summed E-state index contributed by atoms with van der Waals surface area (Å²) in [6, 6.07) is 4.73. The molecule has 1 aromatic carbocycles. The van der Waals surface area contributed by atoms with E-state index in [9.17, 15) is 17.4 Å². The highest BCUT2D eigenvalue weighted by molar-refractivity contribution is 8.00. The van der Waals surface area contributed by atoms with Crippen LogP contribution in [0.25, 0.3) is 11.1 Å². The van der Waals surface area contributed by atoms with Crippen LogP contribution in [0.4, 0.5) is 18.9 Å². The van der Waals surface area contributed by atoms with Crippen molar-refractivity contribution in [3.8, 4) is 0 Å². The van der Waals surface area contributed by atoms with Gasteiger partial charge in [0.1, 0.15) is 16.3 Å². The van der Waals surface area contributed by atoms with Crippen LogP contribution in [0.15, 0.2) is 27.8 Å². The van der Waals surface area contributed by atoms with Crippen molar-refractivity contribution in [1.29, 1.82) is 0 Å². The number of oxazole rings is 1. The van der Waals surface area contributed by atoms with Gasteiger partial charge in [-0.25, -0.2) is 9.19 Å². The number of nitrogens with zero attached hydrogens (tertiary/aromatic N) is 1. The topological polar surface area (TPSA) is 69.1 Å². The summed E-state index contributed by atoms with van der Waals surface area (Å²) in [4.78, 5) is 3.96. The van der Waals surface area contributed by atoms with Crippen LogP contribution in [0, 0.1) is 0 Å². The van der Waals surface area contributed by atoms with Crippen LogP contribution in [-0.4, -0.2) is 26.2 Å². The molecule has 2 aromatic rings. The minimum absolute atomic E-state index is 0.0802. The Kier molecular flexibility index (Phi) is 4.04. The maximum atomic E-state index is 11.9. The summed E-state index contributed by atoms with van der Waals surface area (Å²) in [6.45, 7) is 0. The Bertz CT molecular complexity index is 612. The van der Waals surface area contributed by atoms with Crippen LogP contribution in [0.3, 0.4) is 0 Å². The molecule has 2 rings (SSSR count). The minimum atomic E-state index is -4.32. The highest BCUT2D eigenvalue weighted by Gasteiger charge is 2.28. The fraction of sp³-hybridized carbons (Fsp3) is 0.300. The fourth-order valence-electron chi connectivity index (χ4n) is 1.34. The lowest BCUT2D eigenvalue weighted by molar-refractivity contribution is -0.0326. The molecule has 0 spiro atoms. The van der Waals surface area contributed by atoms with Gasteiger partial charge in [-0.05, 0) is 12.1 Å². The number of hydrogen-bond acceptors (Lipinski definition) is 5. The van der Waals surface area contributed by atoms with E-state index in [4.69, 9.17) is 10.2 Å². The van der Waals surface area contributed by atoms with Crippen LogP contribution < -0.4 is 5.73 Å². The Morgan fingerprint density at radius 3 is 2.84 bits per heavy atom. The van der Waals surface area contributed by atoms with E-state index in [1.54, 1.807) is 12.1 Å². The van der Waals surface area contributed by atoms with E-state index in [0.29, 0.717) is 16.8 Å². The third kappa shape index (κ3) is 3.87. The van der Waals surface area contributed by atoms with Gasteiger partial charge in [-0.2, -0.15) is 13.2 Å². The van der Waals surface area contributed by atoms with Crippen molar-refractivity contribution in [3.05, 3.63) is 18.2 Å². The van der Waals surface area contributed by atoms with E-state index >= 15 is 0 Å². The Balaban J connectivity index is 2.05. The summed E-state index contributed by atoms with van der Waals surface area (Å²) < 4.78 is 52.7. The number of thioether (sulfide) groups is 1. The molecule has 19 heavy (non-hydrogen) atoms. The molecule has 1 aromatic heterocycles. The second-order valence-corrected chi connectivity index (χ2v) is 6.16. The van der Waals surface area contributed by atoms with Gasteiger partial charge in [0.25, 0.3) is 5.22 Å². The smallest absolute Gasteiger partial charge is 0.430 e. The van der Waals surface area contributed by atoms with Crippen molar-refractivity contribution in [2.24, 2.45) is 0 Å². The average molecular weight is 310 g/mol. The number of nitrogen functional groups attached to an aromatic ring is 1. The third-order valence-electron chi connectivity index (χ3n) is 2.12. The first-order valence-corrected chi connectivity index (χ1v) is 7.41. The first kappa shape index (κ1) is 14.2. The Hall–Kier alpha value is -1.22. The largest absolute Gasteiger partial charge is 0.441 e. The minimum Gasteiger partial charge on any atom is -0.430 e. The SMILES string of the molecule is Nc1ccc2nc(S(=O)CCSC(F)(F)F)oc2c1. The number of alkyl halides is 3. The number of aromatic nitrogens is 1. The monoisotopic (exact) mass is 310 g/mol. The summed E-state index contributed by atoms with van der Waals surface area (Å²) >= 11 is -0.217. The molecule has 0 aliphatic rings. The van der Waals surface area contributed by atoms with Crippen molar-refractivity contribution in [2.75, 3.05) is 17.2 Å². The molecule has 2 N–H and O–H groups in total. The molecule has 9 heteroatoms. The molecule has 0 saturated carbocycles. The van der Waals surface area contributed by atoms with E-state index in [-0.39, 0.29) is 28.5 Å². The van der Waals surface area contributed by atoms with Gasteiger partial charge in [-0.3, -0.25) is 0 Å². The van der Waals surface area contributed by atoms with Crippen molar-refractivity contribution in [1.82, 2.24) is 4.98 Å². The van der Waals surface area contributed by atoms with Crippen molar-refractivity contribution >= 4 is 39.3 Å². The predicted octanol–water partition coefficient (Wildman–Crippen LogP) is 2.77. The molecular weight excluding hydrogens is 301 g/mol. The summed E-state index contributed by atoms with van der Waals surface area (Å²) in [5.41, 5.74) is 2.53. The van der Waals surface area contributed by atoms with E-state index < -0.39 is 16.3 Å². The zero-order valence-corrected chi connectivity index (χ0v) is 11.1. The van der Waals surface area contributed by atoms with E-state index in [1.807, 2.05) is 0 Å². The zero-order valence-electron chi connectivity index (χ0n) is 9.44. The van der Waals surface area contributed by atoms with E-state index in [1.165, 1.54) is 6.07 Å². The lowest BCUT2D eigenvalue weighted by Gasteiger charge is -2.03. The third-order valence-corrected chi connectivity index (χ3v) is 4.26. The Labute approximate surface area is 113 Å². The standard InChI is InChI=1S/C10H9F3N2O2S2/c11-10(12,13)18-3-4-19(16)9-15-7-2-1-6(14)5-8(7)17-9/h1-2,5H,3-4,14H2. The number of benzene rings is 1. The normalized spacial score (nSPS) is 13.8. The molecular formula is C10H9F3N2O2S2. The molecule has 0 radical (unpaired) electrons. The summed E-state index contributed by atoms with van der Waals surface area (Å²) in [5.74, 6) is -0.483. The van der Waals surface area contributed by atoms with Gasteiger partial charge in [0.05, 0.1) is 0 Å². The quantitative estimate of drug-likeness (QED) is 0.879. The van der Waals surface area contributed by atoms with Crippen LogP contribution in [0.1, 0.15) is 0 Å². The molecule has 1 unspecified atom stereocenters. The average Bonchev–Trinajstić information content (AvgIpc) is 2.70. The summed E-state index contributed by atoms with van der Waals surface area (Å²) in [6.07, 6.45) is 0. The lowest BCUT2D eigenvalue weighted by atomic mass is 10.3. The van der Waals surface area contributed by atoms with Gasteiger partial charge in [0, 0.05) is 23.3 Å². The highest BCUT2D eigenvalue weighted by Crippen LogP contribution is 2.30. The molecule has 0 bridgehead atoms. The number of hydrogen-bond donors (Lipinski definition) is 1. The highest BCUT2D eigenvalue weighted by atomic mass is 32.2. The maximum Gasteiger partial charge on any atom is 0.441 e. The molecule has 4 nitrogen and oxygen atoms in total. The first-order chi connectivity index (χ1) is 8.85. The maximum absolute atomic E-state index is 11.9. The number of rotatable bonds is 4. The molecule has 0 saturated heterocycles. The molecule has 104 valence electrons. The van der Waals surface area contributed by atoms with Crippen molar-refractivity contribution in [2.45, 2.75) is 10.7 Å². The fourth-order valence-corrected chi connectivity index (χ4v) is 3.07. The second kappa shape index (κ2) is 5.41. The Morgan fingerprint density at radius 2 is 2.16 bits per heavy atom. The van der Waals surface area contributed by atoms with Crippen LogP contribution in [0.5, 0.6) is 0 Å². The van der Waals surface area contributed by atoms with Crippen molar-refractivity contribution < 1.29 is 21.8 Å². The predicted molar refractivity (Wildman–Crippen MR) is 68.2 cm³/mol. The van der Waals surface area contributed by atoms with Crippen LogP contribution >= 0.6 is 11.8 Å². The molecule has 0 amide bonds. The molecule has 0 aliphatic carbocycles. The summed E-state index contributed by atoms with van der Waals surface area (Å²) in [7, 11) is -1.70. The van der Waals surface area contributed by atoms with Gasteiger partial charge >= 0.3 is 5.51 Å². The molecule has 1 heterocycles. The molecule has 1 atom stereocenters. The number of anilines is 1. The Morgan fingerprint density at radius 1 is 1.42 bits per heavy atom. The van der Waals surface area contributed by atoms with Gasteiger partial charge in [-0.15, -0.1) is 0 Å². The zero-order chi connectivity index (χ0) is 14.0. The molecule has 0 fully saturated rings. The van der Waals surface area contributed by atoms with Gasteiger partial charge in [-0.1, -0.05) is 11.8 Å². The number of halogens is 3. The van der Waals surface area contributed by atoms with Gasteiger partial charge < -0.3 is 10.2 Å². The van der Waals surface area contributed by atoms with E-state index in [2.05, 4.69) is 4.98 Å². The van der Waals surface area contributed by atoms with Crippen LogP contribution in [0.2, 0.25) is 0 Å². The lowest BCUT2D eigenvalue weighted by Crippen LogP contribution is -2.07. The number of fused-ring (bicyclic) bond motifs is 1. The van der Waals surface area contributed by atoms with Gasteiger partial charge in [0.2, 0.25) is 0 Å². The number of nitrogens with two attached hydrogens (primary N) is 1.